The number of halogens is 3. The molecule has 1 unspecified atom stereocenters. The lowest BCUT2D eigenvalue weighted by molar-refractivity contribution is -0.166. The Balaban J connectivity index is 3.22. The molecule has 2 N–H and O–H groups in total. The summed E-state index contributed by atoms with van der Waals surface area (Å²) >= 11 is 0. The number of nitrogens with two attached hydrogens (primary N) is 1. The molecule has 0 aliphatic rings. The van der Waals surface area contributed by atoms with E-state index in [1.807, 2.05) is 0 Å². The molecule has 5 nitrogen and oxygen atoms in total. The number of rotatable bonds is 3. The first kappa shape index (κ1) is 13.4. The maximum atomic E-state index is 12.6. The lowest BCUT2D eigenvalue weighted by atomic mass is 9.94. The molecule has 0 radical (unpaired) electrons. The Morgan fingerprint density at radius 3 is 2.35 bits per heavy atom. The van der Waals surface area contributed by atoms with Gasteiger partial charge in [0.05, 0.1) is 7.11 Å². The highest BCUT2D eigenvalue weighted by Crippen LogP contribution is 2.31. The van der Waals surface area contributed by atoms with Crippen molar-refractivity contribution in [1.29, 1.82) is 0 Å². The molecule has 0 aliphatic carbocycles. The number of hydrogen-bond acceptors (Lipinski definition) is 5. The average Bonchev–Trinajstić information content (AvgIpc) is 2.26. The highest BCUT2D eigenvalue weighted by Gasteiger charge is 2.55. The fourth-order valence-electron chi connectivity index (χ4n) is 1.01. The standard InChI is InChI=1S/C9H10F3N3O2/c1-8(13,9(10,11)12)6(16)5-7(17-2)15-4-3-14-5/h3-4H,13H2,1-2H3. The zero-order chi connectivity index (χ0) is 13.3. The maximum Gasteiger partial charge on any atom is 0.413 e. The largest absolute Gasteiger partial charge is 0.479 e. The van der Waals surface area contributed by atoms with Crippen molar-refractivity contribution in [2.75, 3.05) is 7.11 Å². The van der Waals surface area contributed by atoms with E-state index in [1.165, 1.54) is 13.3 Å². The van der Waals surface area contributed by atoms with E-state index >= 15 is 0 Å². The number of nitrogens with zero attached hydrogens (tertiary/aromatic N) is 2. The van der Waals surface area contributed by atoms with E-state index in [0.717, 1.165) is 6.20 Å². The van der Waals surface area contributed by atoms with Gasteiger partial charge in [-0.3, -0.25) is 4.79 Å². The van der Waals surface area contributed by atoms with Crippen LogP contribution in [-0.4, -0.2) is 34.6 Å². The van der Waals surface area contributed by atoms with Crippen molar-refractivity contribution in [3.05, 3.63) is 18.1 Å². The van der Waals surface area contributed by atoms with Crippen LogP contribution < -0.4 is 10.5 Å². The van der Waals surface area contributed by atoms with Crippen LogP contribution in [0, 0.1) is 0 Å². The van der Waals surface area contributed by atoms with Gasteiger partial charge in [0.1, 0.15) is 0 Å². The van der Waals surface area contributed by atoms with Gasteiger partial charge in [0.2, 0.25) is 11.7 Å². The molecule has 0 saturated carbocycles. The van der Waals surface area contributed by atoms with E-state index in [1.54, 1.807) is 0 Å². The second-order valence-corrected chi connectivity index (χ2v) is 3.44. The molecule has 0 spiro atoms. The Labute approximate surface area is 94.8 Å². The molecule has 0 fully saturated rings. The fraction of sp³-hybridized carbons (Fsp3) is 0.444. The van der Waals surface area contributed by atoms with E-state index in [0.29, 0.717) is 6.92 Å². The number of methoxy groups -OCH3 is 1. The third-order valence-corrected chi connectivity index (χ3v) is 2.13. The van der Waals surface area contributed by atoms with E-state index in [2.05, 4.69) is 14.7 Å². The molecule has 1 aromatic rings. The molecule has 8 heteroatoms. The minimum Gasteiger partial charge on any atom is -0.479 e. The molecular weight excluding hydrogens is 239 g/mol. The predicted molar refractivity (Wildman–Crippen MR) is 51.6 cm³/mol. The first-order chi connectivity index (χ1) is 7.71. The Kier molecular flexibility index (Phi) is 3.37. The highest BCUT2D eigenvalue weighted by molar-refractivity contribution is 6.03. The third kappa shape index (κ3) is 2.36. The van der Waals surface area contributed by atoms with Gasteiger partial charge in [-0.15, -0.1) is 0 Å². The maximum absolute atomic E-state index is 12.6. The van der Waals surface area contributed by atoms with Crippen molar-refractivity contribution in [1.82, 2.24) is 9.97 Å². The van der Waals surface area contributed by atoms with Crippen molar-refractivity contribution < 1.29 is 22.7 Å². The zero-order valence-electron chi connectivity index (χ0n) is 9.08. The number of ether oxygens (including phenoxy) is 1. The Morgan fingerprint density at radius 1 is 1.35 bits per heavy atom. The number of Topliss-reactive ketones (excluding diaryl/α,β-unsaturated/α-hetero) is 1. The molecule has 0 saturated heterocycles. The van der Waals surface area contributed by atoms with Crippen LogP contribution >= 0.6 is 0 Å². The van der Waals surface area contributed by atoms with Gasteiger partial charge >= 0.3 is 6.18 Å². The van der Waals surface area contributed by atoms with Gasteiger partial charge in [-0.2, -0.15) is 13.2 Å². The smallest absolute Gasteiger partial charge is 0.413 e. The van der Waals surface area contributed by atoms with Gasteiger partial charge < -0.3 is 10.5 Å². The first-order valence-corrected chi connectivity index (χ1v) is 4.47. The molecule has 1 heterocycles. The lowest BCUT2D eigenvalue weighted by Crippen LogP contribution is -2.57. The number of aromatic nitrogens is 2. The van der Waals surface area contributed by atoms with E-state index in [4.69, 9.17) is 5.73 Å². The number of carbonyl (C=O) groups is 1. The molecule has 0 aliphatic heterocycles. The van der Waals surface area contributed by atoms with Crippen molar-refractivity contribution in [2.45, 2.75) is 18.6 Å². The van der Waals surface area contributed by atoms with Crippen LogP contribution in [0.2, 0.25) is 0 Å². The Bertz CT molecular complexity index is 432. The van der Waals surface area contributed by atoms with E-state index in [9.17, 15) is 18.0 Å². The number of hydrogen-bond donors (Lipinski definition) is 1. The molecule has 1 aromatic heterocycles. The van der Waals surface area contributed by atoms with Crippen LogP contribution in [0.1, 0.15) is 17.4 Å². The van der Waals surface area contributed by atoms with E-state index in [-0.39, 0.29) is 5.88 Å². The second-order valence-electron chi connectivity index (χ2n) is 3.44. The topological polar surface area (TPSA) is 78.1 Å². The predicted octanol–water partition coefficient (Wildman–Crippen LogP) is 0.948. The monoisotopic (exact) mass is 249 g/mol. The first-order valence-electron chi connectivity index (χ1n) is 4.47. The number of alkyl halides is 3. The van der Waals surface area contributed by atoms with Gasteiger partial charge in [0.15, 0.2) is 11.2 Å². The summed E-state index contributed by atoms with van der Waals surface area (Å²) in [7, 11) is 1.17. The summed E-state index contributed by atoms with van der Waals surface area (Å²) in [6.07, 6.45) is -2.61. The van der Waals surface area contributed by atoms with Crippen LogP contribution in [0.15, 0.2) is 12.4 Å². The summed E-state index contributed by atoms with van der Waals surface area (Å²) in [5.74, 6) is -1.69. The van der Waals surface area contributed by atoms with E-state index < -0.39 is 23.2 Å². The van der Waals surface area contributed by atoms with Crippen molar-refractivity contribution in [3.8, 4) is 5.88 Å². The molecule has 0 aromatic carbocycles. The second kappa shape index (κ2) is 4.28. The van der Waals surface area contributed by atoms with Gasteiger partial charge in [-0.05, 0) is 6.92 Å². The summed E-state index contributed by atoms with van der Waals surface area (Å²) in [6.45, 7) is 0.573. The Hall–Kier alpha value is -1.70. The summed E-state index contributed by atoms with van der Waals surface area (Å²) < 4.78 is 42.4. The summed E-state index contributed by atoms with van der Waals surface area (Å²) in [5, 5.41) is 0. The summed E-state index contributed by atoms with van der Waals surface area (Å²) in [6, 6.07) is 0. The molecule has 1 rings (SSSR count). The van der Waals surface area contributed by atoms with Crippen molar-refractivity contribution in [3.63, 3.8) is 0 Å². The minimum absolute atomic E-state index is 0.293. The van der Waals surface area contributed by atoms with Gasteiger partial charge in [-0.25, -0.2) is 9.97 Å². The van der Waals surface area contributed by atoms with Crippen molar-refractivity contribution in [2.24, 2.45) is 5.73 Å². The van der Waals surface area contributed by atoms with Crippen LogP contribution in [0.25, 0.3) is 0 Å². The van der Waals surface area contributed by atoms with Gasteiger partial charge in [0.25, 0.3) is 0 Å². The van der Waals surface area contributed by atoms with Crippen LogP contribution in [-0.2, 0) is 0 Å². The SMILES string of the molecule is COc1nccnc1C(=O)C(C)(N)C(F)(F)F. The van der Waals surface area contributed by atoms with Crippen molar-refractivity contribution >= 4 is 5.78 Å². The molecule has 1 atom stereocenters. The number of ketones is 1. The lowest BCUT2D eigenvalue weighted by Gasteiger charge is -2.25. The summed E-state index contributed by atoms with van der Waals surface area (Å²) in [5.41, 5.74) is 1.42. The quantitative estimate of drug-likeness (QED) is 0.807. The van der Waals surface area contributed by atoms with Gasteiger partial charge in [0, 0.05) is 12.4 Å². The third-order valence-electron chi connectivity index (χ3n) is 2.13. The molecular formula is C9H10F3N3O2. The molecule has 94 valence electrons. The number of carbonyl (C=O) groups excluding carboxylic acids is 1. The van der Waals surface area contributed by atoms with Gasteiger partial charge in [-0.1, -0.05) is 0 Å². The van der Waals surface area contributed by atoms with Crippen LogP contribution in [0.5, 0.6) is 5.88 Å². The van der Waals surface area contributed by atoms with Crippen LogP contribution in [0.4, 0.5) is 13.2 Å². The minimum atomic E-state index is -4.88. The molecule has 0 bridgehead atoms. The highest BCUT2D eigenvalue weighted by atomic mass is 19.4. The summed E-state index contributed by atoms with van der Waals surface area (Å²) in [4.78, 5) is 18.8. The fourth-order valence-corrected chi connectivity index (χ4v) is 1.01. The van der Waals surface area contributed by atoms with Crippen LogP contribution in [0.3, 0.4) is 0 Å². The molecule has 0 amide bonds. The molecule has 17 heavy (non-hydrogen) atoms. The zero-order valence-corrected chi connectivity index (χ0v) is 9.08. The average molecular weight is 249 g/mol. The Morgan fingerprint density at radius 2 is 1.88 bits per heavy atom. The normalized spacial score (nSPS) is 15.2.